The van der Waals surface area contributed by atoms with Gasteiger partial charge >= 0.3 is 0 Å². The maximum absolute atomic E-state index is 13.7. The average molecular weight is 250 g/mol. The van der Waals surface area contributed by atoms with Crippen LogP contribution in [0.15, 0.2) is 29.3 Å². The zero-order valence-electron chi connectivity index (χ0n) is 10.00. The number of aromatic nitrogens is 2. The minimum absolute atomic E-state index is 0.0706. The Morgan fingerprint density at radius 1 is 1.28 bits per heavy atom. The van der Waals surface area contributed by atoms with E-state index in [0.29, 0.717) is 11.3 Å². The molecule has 18 heavy (non-hydrogen) atoms. The Morgan fingerprint density at radius 2 is 1.89 bits per heavy atom. The van der Waals surface area contributed by atoms with Crippen molar-refractivity contribution in [2.24, 2.45) is 0 Å². The Balaban J connectivity index is 2.58. The van der Waals surface area contributed by atoms with E-state index in [4.69, 9.17) is 0 Å². The number of benzene rings is 1. The molecule has 1 aromatic heterocycles. The van der Waals surface area contributed by atoms with E-state index in [1.165, 1.54) is 24.5 Å². The first-order valence-corrected chi connectivity index (χ1v) is 5.50. The molecule has 0 aliphatic carbocycles. The molecule has 5 heteroatoms. The highest BCUT2D eigenvalue weighted by molar-refractivity contribution is 5.32. The van der Waals surface area contributed by atoms with E-state index in [0.717, 1.165) is 0 Å². The number of aromatic amines is 1. The van der Waals surface area contributed by atoms with Gasteiger partial charge in [0, 0.05) is 17.0 Å². The zero-order valence-corrected chi connectivity index (χ0v) is 10.00. The Hall–Kier alpha value is -2.04. The van der Waals surface area contributed by atoms with Crippen LogP contribution in [-0.4, -0.2) is 9.97 Å². The Bertz CT molecular complexity index is 617. The largest absolute Gasteiger partial charge is 0.313 e. The lowest BCUT2D eigenvalue weighted by molar-refractivity contribution is 0.544. The quantitative estimate of drug-likeness (QED) is 0.890. The van der Waals surface area contributed by atoms with Crippen molar-refractivity contribution in [3.05, 3.63) is 63.3 Å². The predicted octanol–water partition coefficient (Wildman–Crippen LogP) is 2.51. The van der Waals surface area contributed by atoms with Crippen LogP contribution < -0.4 is 5.56 Å². The Labute approximate surface area is 103 Å². The van der Waals surface area contributed by atoms with Gasteiger partial charge in [-0.15, -0.1) is 0 Å². The standard InChI is InChI=1S/C13H12F2N2O/c1-7(11-9(14)4-3-5-10(11)15)12-8(2)13(18)17-6-16-12/h3-7H,1-2H3,(H,16,17,18). The number of halogens is 2. The summed E-state index contributed by atoms with van der Waals surface area (Å²) in [5, 5.41) is 0. The number of nitrogens with zero attached hydrogens (tertiary/aromatic N) is 1. The molecule has 1 atom stereocenters. The molecule has 0 spiro atoms. The highest BCUT2D eigenvalue weighted by Gasteiger charge is 2.21. The average Bonchev–Trinajstić information content (AvgIpc) is 2.32. The molecule has 2 rings (SSSR count). The minimum Gasteiger partial charge on any atom is -0.313 e. The van der Waals surface area contributed by atoms with E-state index >= 15 is 0 Å². The Kier molecular flexibility index (Phi) is 3.23. The van der Waals surface area contributed by atoms with Crippen LogP contribution in [0.2, 0.25) is 0 Å². The van der Waals surface area contributed by atoms with Gasteiger partial charge in [-0.05, 0) is 19.1 Å². The van der Waals surface area contributed by atoms with E-state index in [-0.39, 0.29) is 11.1 Å². The molecule has 2 aromatic rings. The smallest absolute Gasteiger partial charge is 0.253 e. The van der Waals surface area contributed by atoms with Crippen molar-refractivity contribution in [2.45, 2.75) is 19.8 Å². The van der Waals surface area contributed by atoms with Gasteiger partial charge in [0.1, 0.15) is 11.6 Å². The molecule has 0 saturated carbocycles. The Morgan fingerprint density at radius 3 is 2.50 bits per heavy atom. The summed E-state index contributed by atoms with van der Waals surface area (Å²) in [4.78, 5) is 17.9. The second-order valence-electron chi connectivity index (χ2n) is 4.10. The summed E-state index contributed by atoms with van der Waals surface area (Å²) in [6.45, 7) is 3.20. The van der Waals surface area contributed by atoms with Gasteiger partial charge in [-0.25, -0.2) is 13.8 Å². The van der Waals surface area contributed by atoms with Crippen LogP contribution in [0.25, 0.3) is 0 Å². The van der Waals surface area contributed by atoms with Crippen LogP contribution in [0, 0.1) is 18.6 Å². The summed E-state index contributed by atoms with van der Waals surface area (Å²) in [5.41, 5.74) is 0.373. The van der Waals surface area contributed by atoms with E-state index in [9.17, 15) is 13.6 Å². The molecule has 0 aliphatic rings. The first-order valence-electron chi connectivity index (χ1n) is 5.50. The first kappa shape index (κ1) is 12.4. The number of nitrogens with one attached hydrogen (secondary N) is 1. The molecule has 0 fully saturated rings. The van der Waals surface area contributed by atoms with Crippen molar-refractivity contribution in [3.63, 3.8) is 0 Å². The summed E-state index contributed by atoms with van der Waals surface area (Å²) in [7, 11) is 0. The van der Waals surface area contributed by atoms with Crippen molar-refractivity contribution in [1.29, 1.82) is 0 Å². The molecular formula is C13H12F2N2O. The number of rotatable bonds is 2. The molecule has 0 radical (unpaired) electrons. The molecule has 1 N–H and O–H groups in total. The van der Waals surface area contributed by atoms with E-state index in [1.54, 1.807) is 13.8 Å². The molecule has 3 nitrogen and oxygen atoms in total. The van der Waals surface area contributed by atoms with Crippen LogP contribution in [0.4, 0.5) is 8.78 Å². The maximum Gasteiger partial charge on any atom is 0.253 e. The molecule has 94 valence electrons. The predicted molar refractivity (Wildman–Crippen MR) is 63.5 cm³/mol. The van der Waals surface area contributed by atoms with Crippen molar-refractivity contribution < 1.29 is 8.78 Å². The van der Waals surface area contributed by atoms with Gasteiger partial charge in [0.25, 0.3) is 5.56 Å². The van der Waals surface area contributed by atoms with Crippen LogP contribution >= 0.6 is 0 Å². The maximum atomic E-state index is 13.7. The second kappa shape index (κ2) is 4.68. The summed E-state index contributed by atoms with van der Waals surface area (Å²) in [6.07, 6.45) is 1.24. The second-order valence-corrected chi connectivity index (χ2v) is 4.10. The third-order valence-electron chi connectivity index (χ3n) is 2.97. The van der Waals surface area contributed by atoms with E-state index in [2.05, 4.69) is 9.97 Å². The zero-order chi connectivity index (χ0) is 13.3. The van der Waals surface area contributed by atoms with Crippen molar-refractivity contribution >= 4 is 0 Å². The highest BCUT2D eigenvalue weighted by atomic mass is 19.1. The lowest BCUT2D eigenvalue weighted by Crippen LogP contribution is -2.16. The van der Waals surface area contributed by atoms with E-state index < -0.39 is 17.6 Å². The van der Waals surface area contributed by atoms with Gasteiger partial charge in [-0.2, -0.15) is 0 Å². The van der Waals surface area contributed by atoms with Crippen LogP contribution in [0.5, 0.6) is 0 Å². The van der Waals surface area contributed by atoms with Crippen LogP contribution in [0.1, 0.15) is 29.7 Å². The fourth-order valence-corrected chi connectivity index (χ4v) is 1.98. The van der Waals surface area contributed by atoms with Gasteiger partial charge in [-0.3, -0.25) is 4.79 Å². The lowest BCUT2D eigenvalue weighted by atomic mass is 9.94. The number of hydrogen-bond acceptors (Lipinski definition) is 2. The summed E-state index contributed by atoms with van der Waals surface area (Å²) < 4.78 is 27.3. The molecule has 1 aromatic carbocycles. The molecule has 0 bridgehead atoms. The van der Waals surface area contributed by atoms with Gasteiger partial charge in [0.2, 0.25) is 0 Å². The monoisotopic (exact) mass is 250 g/mol. The van der Waals surface area contributed by atoms with Gasteiger partial charge < -0.3 is 4.98 Å². The number of hydrogen-bond donors (Lipinski definition) is 1. The third-order valence-corrected chi connectivity index (χ3v) is 2.97. The molecule has 1 unspecified atom stereocenters. The van der Waals surface area contributed by atoms with Crippen molar-refractivity contribution in [3.8, 4) is 0 Å². The summed E-state index contributed by atoms with van der Waals surface area (Å²) in [6, 6.07) is 3.69. The highest BCUT2D eigenvalue weighted by Crippen LogP contribution is 2.27. The molecule has 0 saturated heterocycles. The third kappa shape index (κ3) is 2.03. The summed E-state index contributed by atoms with van der Waals surface area (Å²) in [5.74, 6) is -1.89. The van der Waals surface area contributed by atoms with Gasteiger partial charge in [0.05, 0.1) is 12.0 Å². The van der Waals surface area contributed by atoms with Crippen molar-refractivity contribution in [1.82, 2.24) is 9.97 Å². The van der Waals surface area contributed by atoms with Gasteiger partial charge in [0.15, 0.2) is 0 Å². The fourth-order valence-electron chi connectivity index (χ4n) is 1.98. The summed E-state index contributed by atoms with van der Waals surface area (Å²) >= 11 is 0. The topological polar surface area (TPSA) is 45.8 Å². The minimum atomic E-state index is -0.635. The molecule has 0 amide bonds. The molecule has 0 aliphatic heterocycles. The SMILES string of the molecule is Cc1c(C(C)c2c(F)cccc2F)nc[nH]c1=O. The normalized spacial score (nSPS) is 12.4. The van der Waals surface area contributed by atoms with Crippen LogP contribution in [-0.2, 0) is 0 Å². The van der Waals surface area contributed by atoms with Crippen LogP contribution in [0.3, 0.4) is 0 Å². The molecule has 1 heterocycles. The van der Waals surface area contributed by atoms with Gasteiger partial charge in [-0.1, -0.05) is 13.0 Å². The molecular weight excluding hydrogens is 238 g/mol. The first-order chi connectivity index (χ1) is 8.52. The lowest BCUT2D eigenvalue weighted by Gasteiger charge is -2.14. The van der Waals surface area contributed by atoms with E-state index in [1.807, 2.05) is 0 Å². The number of H-pyrrole nitrogens is 1. The fraction of sp³-hybridized carbons (Fsp3) is 0.231. The van der Waals surface area contributed by atoms with Crippen molar-refractivity contribution in [2.75, 3.05) is 0 Å².